The first kappa shape index (κ1) is 36.6. The summed E-state index contributed by atoms with van der Waals surface area (Å²) in [6.45, 7) is 13.2. The predicted octanol–water partition coefficient (Wildman–Crippen LogP) is 15.8. The van der Waals surface area contributed by atoms with Crippen molar-refractivity contribution < 1.29 is 13.3 Å². The van der Waals surface area contributed by atoms with Crippen LogP contribution in [-0.2, 0) is 0 Å². The highest BCUT2D eigenvalue weighted by Crippen LogP contribution is 2.42. The average molecular weight is 756 g/mol. The molecule has 0 N–H and O–H groups in total. The van der Waals surface area contributed by atoms with Gasteiger partial charge in [0.15, 0.2) is 0 Å². The monoisotopic (exact) mass is 755 g/mol. The van der Waals surface area contributed by atoms with E-state index < -0.39 is 0 Å². The molecule has 3 aromatic heterocycles. The average Bonchev–Trinajstić information content (AvgIpc) is 4.05. The van der Waals surface area contributed by atoms with Crippen molar-refractivity contribution in [3.8, 4) is 67.4 Å². The molecule has 0 amide bonds. The van der Waals surface area contributed by atoms with Gasteiger partial charge in [-0.15, -0.1) is 0 Å². The fourth-order valence-electron chi connectivity index (χ4n) is 8.40. The Morgan fingerprint density at radius 1 is 0.293 bits per heavy atom. The number of anilines is 3. The Morgan fingerprint density at radius 2 is 0.552 bits per heavy atom. The van der Waals surface area contributed by atoms with Crippen LogP contribution < -0.4 is 4.90 Å². The van der Waals surface area contributed by atoms with E-state index in [0.29, 0.717) is 0 Å². The van der Waals surface area contributed by atoms with Gasteiger partial charge in [-0.3, -0.25) is 0 Å². The minimum Gasteiger partial charge on any atom is -0.464 e. The molecule has 0 bridgehead atoms. The van der Waals surface area contributed by atoms with Gasteiger partial charge < -0.3 is 18.2 Å². The first-order chi connectivity index (χ1) is 28.2. The lowest BCUT2D eigenvalue weighted by molar-refractivity contribution is 0.582. The van der Waals surface area contributed by atoms with Crippen LogP contribution in [0.2, 0.25) is 0 Å². The summed E-state index contributed by atoms with van der Waals surface area (Å²) in [5.74, 6) is 2.63. The summed E-state index contributed by atoms with van der Waals surface area (Å²) in [6.07, 6.45) is 5.17. The SMILES string of the molecule is Cc1cc(-c2ccco2)ccc1-c1ccc(N(c2ccc(-c3ccc(-c4ccco4)cc3C)c(C)c2)c2ccc(-c3ccc(-c4ccco4)cc3C)c(C)c2)cc1C. The molecule has 0 saturated carbocycles. The predicted molar refractivity (Wildman–Crippen MR) is 239 cm³/mol. The third-order valence-corrected chi connectivity index (χ3v) is 11.4. The lowest BCUT2D eigenvalue weighted by Crippen LogP contribution is -2.11. The highest BCUT2D eigenvalue weighted by molar-refractivity contribution is 5.85. The first-order valence-corrected chi connectivity index (χ1v) is 19.8. The summed E-state index contributed by atoms with van der Waals surface area (Å²) in [5, 5.41) is 0. The molecule has 0 radical (unpaired) electrons. The van der Waals surface area contributed by atoms with Crippen LogP contribution in [0.3, 0.4) is 0 Å². The number of hydrogen-bond acceptors (Lipinski definition) is 4. The number of hydrogen-bond donors (Lipinski definition) is 0. The van der Waals surface area contributed by atoms with E-state index in [0.717, 1.165) is 51.0 Å². The van der Waals surface area contributed by atoms with Crippen LogP contribution in [0.15, 0.2) is 178 Å². The molecule has 4 heteroatoms. The summed E-state index contributed by atoms with van der Waals surface area (Å²) < 4.78 is 17.1. The third-order valence-electron chi connectivity index (χ3n) is 11.4. The summed E-state index contributed by atoms with van der Waals surface area (Å²) in [7, 11) is 0. The van der Waals surface area contributed by atoms with Gasteiger partial charge in [0.2, 0.25) is 0 Å². The Bertz CT molecular complexity index is 2580. The Labute approximate surface area is 340 Å². The lowest BCUT2D eigenvalue weighted by atomic mass is 9.92. The van der Waals surface area contributed by atoms with E-state index in [4.69, 9.17) is 13.3 Å². The van der Waals surface area contributed by atoms with Crippen molar-refractivity contribution >= 4 is 17.1 Å². The molecule has 284 valence electrons. The van der Waals surface area contributed by atoms with E-state index in [1.807, 2.05) is 36.4 Å². The molecule has 3 heterocycles. The van der Waals surface area contributed by atoms with Crippen molar-refractivity contribution in [3.63, 3.8) is 0 Å². The Morgan fingerprint density at radius 3 is 0.776 bits per heavy atom. The molecule has 0 aliphatic rings. The largest absolute Gasteiger partial charge is 0.464 e. The van der Waals surface area contributed by atoms with Crippen LogP contribution in [0.4, 0.5) is 17.1 Å². The highest BCUT2D eigenvalue weighted by atomic mass is 16.3. The van der Waals surface area contributed by atoms with Crippen molar-refractivity contribution in [2.75, 3.05) is 4.90 Å². The van der Waals surface area contributed by atoms with Gasteiger partial charge in [-0.25, -0.2) is 0 Å². The Balaban J connectivity index is 1.11. The molecule has 58 heavy (non-hydrogen) atoms. The summed E-state index contributed by atoms with van der Waals surface area (Å²) in [4.78, 5) is 2.39. The summed E-state index contributed by atoms with van der Waals surface area (Å²) in [5.41, 5.74) is 21.1. The van der Waals surface area contributed by atoms with Crippen molar-refractivity contribution in [3.05, 3.63) is 198 Å². The molecule has 0 aliphatic carbocycles. The zero-order valence-electron chi connectivity index (χ0n) is 33.8. The molecule has 0 spiro atoms. The Kier molecular flexibility index (Phi) is 9.55. The molecule has 0 saturated heterocycles. The van der Waals surface area contributed by atoms with Crippen LogP contribution in [-0.4, -0.2) is 0 Å². The molecule has 0 atom stereocenters. The first-order valence-electron chi connectivity index (χ1n) is 19.8. The standard InChI is InChI=1S/C54H45NO3/c1-34-28-40(52-10-7-25-56-52)13-19-46(34)49-22-16-43(31-37(49)4)55(44-17-23-50(38(5)32-44)47-20-14-41(29-35(47)2)53-11-8-26-57-53)45-18-24-51(39(6)33-45)48-21-15-42(30-36(48)3)54-12-9-27-58-54/h7-33H,1-6H3. The molecule has 0 fully saturated rings. The van der Waals surface area contributed by atoms with Crippen LogP contribution >= 0.6 is 0 Å². The zero-order chi connectivity index (χ0) is 39.9. The minimum absolute atomic E-state index is 0.877. The second kappa shape index (κ2) is 15.1. The van der Waals surface area contributed by atoms with Crippen molar-refractivity contribution in [1.82, 2.24) is 0 Å². The lowest BCUT2D eigenvalue weighted by Gasteiger charge is -2.28. The van der Waals surface area contributed by atoms with E-state index in [1.54, 1.807) is 18.8 Å². The van der Waals surface area contributed by atoms with Gasteiger partial charge in [0.05, 0.1) is 18.8 Å². The van der Waals surface area contributed by atoms with Crippen molar-refractivity contribution in [2.45, 2.75) is 41.5 Å². The number of furan rings is 3. The van der Waals surface area contributed by atoms with Crippen LogP contribution in [0.5, 0.6) is 0 Å². The number of aryl methyl sites for hydroxylation is 6. The van der Waals surface area contributed by atoms with Gasteiger partial charge >= 0.3 is 0 Å². The maximum atomic E-state index is 5.69. The van der Waals surface area contributed by atoms with Gasteiger partial charge in [0.25, 0.3) is 0 Å². The maximum Gasteiger partial charge on any atom is 0.133 e. The topological polar surface area (TPSA) is 42.7 Å². The van der Waals surface area contributed by atoms with Gasteiger partial charge in [-0.05, 0) is 199 Å². The number of benzene rings is 6. The van der Waals surface area contributed by atoms with Crippen molar-refractivity contribution in [1.29, 1.82) is 0 Å². The highest BCUT2D eigenvalue weighted by Gasteiger charge is 2.19. The van der Waals surface area contributed by atoms with Gasteiger partial charge in [-0.2, -0.15) is 0 Å². The molecule has 6 aromatic carbocycles. The number of nitrogens with zero attached hydrogens (tertiary/aromatic N) is 1. The van der Waals surface area contributed by atoms with E-state index in [1.165, 1.54) is 66.8 Å². The second-order valence-electron chi connectivity index (χ2n) is 15.4. The van der Waals surface area contributed by atoms with E-state index >= 15 is 0 Å². The number of rotatable bonds is 9. The van der Waals surface area contributed by atoms with Crippen LogP contribution in [0.25, 0.3) is 67.4 Å². The summed E-state index contributed by atoms with van der Waals surface area (Å²) >= 11 is 0. The molecule has 0 aliphatic heterocycles. The van der Waals surface area contributed by atoms with Gasteiger partial charge in [-0.1, -0.05) is 54.6 Å². The normalized spacial score (nSPS) is 11.3. The molecular formula is C54H45NO3. The molecule has 9 aromatic rings. The third kappa shape index (κ3) is 6.88. The fourth-order valence-corrected chi connectivity index (χ4v) is 8.40. The maximum absolute atomic E-state index is 5.69. The van der Waals surface area contributed by atoms with Gasteiger partial charge in [0.1, 0.15) is 17.3 Å². The smallest absolute Gasteiger partial charge is 0.133 e. The van der Waals surface area contributed by atoms with Crippen molar-refractivity contribution in [2.24, 2.45) is 0 Å². The molecule has 4 nitrogen and oxygen atoms in total. The van der Waals surface area contributed by atoms with Crippen LogP contribution in [0, 0.1) is 41.5 Å². The zero-order valence-corrected chi connectivity index (χ0v) is 33.8. The molecular weight excluding hydrogens is 711 g/mol. The van der Waals surface area contributed by atoms with E-state index in [-0.39, 0.29) is 0 Å². The van der Waals surface area contributed by atoms with E-state index in [9.17, 15) is 0 Å². The fraction of sp³-hybridized carbons (Fsp3) is 0.111. The Hall–Kier alpha value is -7.04. The van der Waals surface area contributed by atoms with Gasteiger partial charge in [0, 0.05) is 33.8 Å². The van der Waals surface area contributed by atoms with Crippen LogP contribution in [0.1, 0.15) is 33.4 Å². The quantitative estimate of drug-likeness (QED) is 0.147. The minimum atomic E-state index is 0.877. The molecule has 0 unspecified atom stereocenters. The second-order valence-corrected chi connectivity index (χ2v) is 15.4. The summed E-state index contributed by atoms with van der Waals surface area (Å²) in [6, 6.07) is 52.0. The molecule has 9 rings (SSSR count). The van der Waals surface area contributed by atoms with E-state index in [2.05, 4.69) is 156 Å².